The van der Waals surface area contributed by atoms with E-state index in [2.05, 4.69) is 5.32 Å². The van der Waals surface area contributed by atoms with Crippen molar-refractivity contribution in [2.24, 2.45) is 0 Å². The van der Waals surface area contributed by atoms with E-state index in [1.54, 1.807) is 31.2 Å². The summed E-state index contributed by atoms with van der Waals surface area (Å²) in [6.07, 6.45) is 1.15. The van der Waals surface area contributed by atoms with Crippen molar-refractivity contribution in [2.45, 2.75) is 31.2 Å². The van der Waals surface area contributed by atoms with Crippen LogP contribution in [0.25, 0.3) is 0 Å². The number of nitrogens with one attached hydrogen (secondary N) is 1. The Bertz CT molecular complexity index is 738. The molecule has 122 valence electrons. The van der Waals surface area contributed by atoms with Gasteiger partial charge in [-0.1, -0.05) is 49.4 Å². The minimum atomic E-state index is -3.17. The van der Waals surface area contributed by atoms with Gasteiger partial charge in [-0.05, 0) is 29.7 Å². The van der Waals surface area contributed by atoms with E-state index in [1.807, 2.05) is 30.3 Å². The van der Waals surface area contributed by atoms with Crippen LogP contribution in [0.5, 0.6) is 0 Å². The normalized spacial score (nSPS) is 11.2. The standard InChI is InChI=1S/C18H21NO3S/c1-2-23(21,22)17-11-8-16(9-12-17)14-19-18(20)13-10-15-6-4-3-5-7-15/h3-9,11-12H,2,10,13-14H2,1H3,(H,19,20). The monoisotopic (exact) mass is 331 g/mol. The first kappa shape index (κ1) is 17.2. The Balaban J connectivity index is 1.82. The Morgan fingerprint density at radius 2 is 1.61 bits per heavy atom. The van der Waals surface area contributed by atoms with Crippen LogP contribution in [0, 0.1) is 0 Å². The summed E-state index contributed by atoms with van der Waals surface area (Å²) in [7, 11) is -3.17. The zero-order valence-electron chi connectivity index (χ0n) is 13.2. The highest BCUT2D eigenvalue weighted by atomic mass is 32.2. The highest BCUT2D eigenvalue weighted by molar-refractivity contribution is 7.91. The summed E-state index contributed by atoms with van der Waals surface area (Å²) in [6.45, 7) is 2.02. The first-order valence-corrected chi connectivity index (χ1v) is 9.29. The number of amides is 1. The molecule has 0 atom stereocenters. The van der Waals surface area contributed by atoms with Gasteiger partial charge >= 0.3 is 0 Å². The smallest absolute Gasteiger partial charge is 0.220 e. The summed E-state index contributed by atoms with van der Waals surface area (Å²) >= 11 is 0. The minimum Gasteiger partial charge on any atom is -0.352 e. The van der Waals surface area contributed by atoms with Crippen LogP contribution >= 0.6 is 0 Å². The summed E-state index contributed by atoms with van der Waals surface area (Å²) in [4.78, 5) is 12.2. The number of hydrogen-bond acceptors (Lipinski definition) is 3. The molecule has 0 heterocycles. The van der Waals surface area contributed by atoms with E-state index in [9.17, 15) is 13.2 Å². The predicted molar refractivity (Wildman–Crippen MR) is 90.8 cm³/mol. The van der Waals surface area contributed by atoms with Crippen molar-refractivity contribution in [3.63, 3.8) is 0 Å². The van der Waals surface area contributed by atoms with Crippen LogP contribution in [0.1, 0.15) is 24.5 Å². The average molecular weight is 331 g/mol. The van der Waals surface area contributed by atoms with Crippen molar-refractivity contribution < 1.29 is 13.2 Å². The summed E-state index contributed by atoms with van der Waals surface area (Å²) in [5.41, 5.74) is 2.02. The van der Waals surface area contributed by atoms with Gasteiger partial charge in [-0.2, -0.15) is 0 Å². The lowest BCUT2D eigenvalue weighted by Crippen LogP contribution is -2.23. The molecule has 2 aromatic rings. The maximum atomic E-state index is 11.9. The number of hydrogen-bond donors (Lipinski definition) is 1. The fourth-order valence-corrected chi connectivity index (χ4v) is 3.06. The van der Waals surface area contributed by atoms with Gasteiger partial charge in [0.1, 0.15) is 0 Å². The Morgan fingerprint density at radius 1 is 0.957 bits per heavy atom. The van der Waals surface area contributed by atoms with E-state index < -0.39 is 9.84 Å². The molecule has 0 aliphatic heterocycles. The molecule has 0 aromatic heterocycles. The van der Waals surface area contributed by atoms with E-state index in [-0.39, 0.29) is 11.7 Å². The van der Waals surface area contributed by atoms with Crippen molar-refractivity contribution in [2.75, 3.05) is 5.75 Å². The third kappa shape index (κ3) is 5.21. The molecule has 0 spiro atoms. The second kappa shape index (κ2) is 7.92. The van der Waals surface area contributed by atoms with Crippen molar-refractivity contribution in [1.29, 1.82) is 0 Å². The molecule has 0 saturated carbocycles. The van der Waals surface area contributed by atoms with Gasteiger partial charge in [0.25, 0.3) is 0 Å². The van der Waals surface area contributed by atoms with E-state index in [1.165, 1.54) is 0 Å². The fourth-order valence-electron chi connectivity index (χ4n) is 2.17. The summed E-state index contributed by atoms with van der Waals surface area (Å²) < 4.78 is 23.5. The number of carbonyl (C=O) groups excluding carboxylic acids is 1. The molecule has 0 bridgehead atoms. The molecule has 0 saturated heterocycles. The maximum Gasteiger partial charge on any atom is 0.220 e. The molecule has 5 heteroatoms. The molecular formula is C18H21NO3S. The van der Waals surface area contributed by atoms with E-state index >= 15 is 0 Å². The van der Waals surface area contributed by atoms with Crippen molar-refractivity contribution in [3.8, 4) is 0 Å². The van der Waals surface area contributed by atoms with Gasteiger partial charge in [0.15, 0.2) is 9.84 Å². The van der Waals surface area contributed by atoms with Gasteiger partial charge in [0.05, 0.1) is 10.6 Å². The molecule has 2 rings (SSSR count). The molecule has 4 nitrogen and oxygen atoms in total. The minimum absolute atomic E-state index is 0.0147. The van der Waals surface area contributed by atoms with E-state index in [0.29, 0.717) is 24.3 Å². The Labute approximate surface area is 137 Å². The molecule has 23 heavy (non-hydrogen) atoms. The van der Waals surface area contributed by atoms with Crippen LogP contribution in [-0.4, -0.2) is 20.1 Å². The molecule has 1 N–H and O–H groups in total. The first-order chi connectivity index (χ1) is 11.0. The van der Waals surface area contributed by atoms with Crippen molar-refractivity contribution >= 4 is 15.7 Å². The fraction of sp³-hybridized carbons (Fsp3) is 0.278. The van der Waals surface area contributed by atoms with Crippen LogP contribution in [0.15, 0.2) is 59.5 Å². The molecule has 0 unspecified atom stereocenters. The molecule has 1 amide bonds. The molecule has 0 fully saturated rings. The molecule has 0 aliphatic rings. The average Bonchev–Trinajstić information content (AvgIpc) is 2.59. The third-order valence-corrected chi connectivity index (χ3v) is 5.39. The number of rotatable bonds is 7. The lowest BCUT2D eigenvalue weighted by molar-refractivity contribution is -0.121. The molecule has 2 aromatic carbocycles. The Kier molecular flexibility index (Phi) is 5.93. The van der Waals surface area contributed by atoms with Crippen LogP contribution in [0.2, 0.25) is 0 Å². The molecular weight excluding hydrogens is 310 g/mol. The van der Waals surface area contributed by atoms with Gasteiger partial charge in [-0.15, -0.1) is 0 Å². The van der Waals surface area contributed by atoms with Crippen LogP contribution < -0.4 is 5.32 Å². The third-order valence-electron chi connectivity index (χ3n) is 3.64. The van der Waals surface area contributed by atoms with Gasteiger partial charge in [-0.25, -0.2) is 8.42 Å². The summed E-state index contributed by atoms with van der Waals surface area (Å²) in [6, 6.07) is 16.5. The largest absolute Gasteiger partial charge is 0.352 e. The van der Waals surface area contributed by atoms with Crippen molar-refractivity contribution in [3.05, 3.63) is 65.7 Å². The Morgan fingerprint density at radius 3 is 2.22 bits per heavy atom. The molecule has 0 radical (unpaired) electrons. The molecule has 0 aliphatic carbocycles. The number of carbonyl (C=O) groups is 1. The van der Waals surface area contributed by atoms with E-state index in [4.69, 9.17) is 0 Å². The quantitative estimate of drug-likeness (QED) is 0.848. The summed E-state index contributed by atoms with van der Waals surface area (Å²) in [5.74, 6) is 0.0712. The SMILES string of the molecule is CCS(=O)(=O)c1ccc(CNC(=O)CCc2ccccc2)cc1. The zero-order valence-corrected chi connectivity index (χ0v) is 14.0. The van der Waals surface area contributed by atoms with Crippen LogP contribution in [0.3, 0.4) is 0 Å². The highest BCUT2D eigenvalue weighted by Gasteiger charge is 2.10. The second-order valence-electron chi connectivity index (χ2n) is 5.31. The number of aryl methyl sites for hydroxylation is 1. The second-order valence-corrected chi connectivity index (χ2v) is 7.59. The lowest BCUT2D eigenvalue weighted by atomic mass is 10.1. The maximum absolute atomic E-state index is 11.9. The van der Waals surface area contributed by atoms with Gasteiger partial charge < -0.3 is 5.32 Å². The van der Waals surface area contributed by atoms with Gasteiger partial charge in [0, 0.05) is 13.0 Å². The van der Waals surface area contributed by atoms with E-state index in [0.717, 1.165) is 11.1 Å². The number of sulfone groups is 1. The number of benzene rings is 2. The van der Waals surface area contributed by atoms with Crippen molar-refractivity contribution in [1.82, 2.24) is 5.32 Å². The predicted octanol–water partition coefficient (Wildman–Crippen LogP) is 2.73. The first-order valence-electron chi connectivity index (χ1n) is 7.63. The Hall–Kier alpha value is -2.14. The van der Waals surface area contributed by atoms with Gasteiger partial charge in [0.2, 0.25) is 5.91 Å². The van der Waals surface area contributed by atoms with Crippen LogP contribution in [-0.2, 0) is 27.6 Å². The lowest BCUT2D eigenvalue weighted by Gasteiger charge is -2.07. The van der Waals surface area contributed by atoms with Gasteiger partial charge in [-0.3, -0.25) is 4.79 Å². The van der Waals surface area contributed by atoms with Crippen LogP contribution in [0.4, 0.5) is 0 Å². The topological polar surface area (TPSA) is 63.2 Å². The summed E-state index contributed by atoms with van der Waals surface area (Å²) in [5, 5.41) is 2.85. The zero-order chi connectivity index (χ0) is 16.7. The highest BCUT2D eigenvalue weighted by Crippen LogP contribution is 2.12.